The van der Waals surface area contributed by atoms with Crippen LogP contribution in [0.4, 0.5) is 5.69 Å². The molecule has 132 valence electrons. The van der Waals surface area contributed by atoms with E-state index >= 15 is 0 Å². The van der Waals surface area contributed by atoms with Crippen molar-refractivity contribution in [2.24, 2.45) is 0 Å². The van der Waals surface area contributed by atoms with E-state index in [0.717, 1.165) is 5.56 Å². The van der Waals surface area contributed by atoms with Crippen LogP contribution in [0.5, 0.6) is 5.75 Å². The fourth-order valence-electron chi connectivity index (χ4n) is 2.69. The molecule has 0 fully saturated rings. The Kier molecular flexibility index (Phi) is 4.20. The summed E-state index contributed by atoms with van der Waals surface area (Å²) >= 11 is 0. The van der Waals surface area contributed by atoms with E-state index < -0.39 is 21.4 Å². The van der Waals surface area contributed by atoms with Crippen LogP contribution in [0.2, 0.25) is 0 Å². The van der Waals surface area contributed by atoms with Crippen molar-refractivity contribution in [2.45, 2.75) is 30.6 Å². The van der Waals surface area contributed by atoms with Gasteiger partial charge in [0.05, 0.1) is 12.0 Å². The molecule has 0 spiro atoms. The predicted octanol–water partition coefficient (Wildman–Crippen LogP) is 2.78. The topological polar surface area (TPSA) is 92.7 Å². The third kappa shape index (κ3) is 3.19. The molecule has 0 atom stereocenters. The fourth-order valence-corrected chi connectivity index (χ4v) is 3.93. The number of nitrogens with one attached hydrogen (secondary N) is 1. The Bertz CT molecular complexity index is 917. The van der Waals surface area contributed by atoms with E-state index in [0.29, 0.717) is 30.0 Å². The van der Waals surface area contributed by atoms with Crippen molar-refractivity contribution in [1.82, 2.24) is 0 Å². The largest absolute Gasteiger partial charge is 0.492 e. The molecule has 2 N–H and O–H groups in total. The summed E-state index contributed by atoms with van der Waals surface area (Å²) in [5.74, 6) is -0.545. The van der Waals surface area contributed by atoms with Crippen LogP contribution in [-0.2, 0) is 26.7 Å². The molecule has 1 aliphatic heterocycles. The number of hydrogen-bond donors (Lipinski definition) is 2. The van der Waals surface area contributed by atoms with Gasteiger partial charge in [-0.1, -0.05) is 24.3 Å². The van der Waals surface area contributed by atoms with E-state index in [9.17, 15) is 18.3 Å². The SMILES string of the molecule is CC(C)(C(=O)O)c1ccc(NS(=O)(=O)c2cccc3c2OCC3)cc1. The monoisotopic (exact) mass is 361 g/mol. The molecule has 0 saturated heterocycles. The predicted molar refractivity (Wildman–Crippen MR) is 93.6 cm³/mol. The third-order valence-electron chi connectivity index (χ3n) is 4.36. The smallest absolute Gasteiger partial charge is 0.313 e. The minimum absolute atomic E-state index is 0.109. The van der Waals surface area contributed by atoms with Gasteiger partial charge >= 0.3 is 5.97 Å². The zero-order valence-electron chi connectivity index (χ0n) is 13.9. The highest BCUT2D eigenvalue weighted by molar-refractivity contribution is 7.92. The minimum atomic E-state index is -3.79. The van der Waals surface area contributed by atoms with E-state index in [1.807, 2.05) is 6.07 Å². The molecular formula is C18H19NO5S. The summed E-state index contributed by atoms with van der Waals surface area (Å²) in [5, 5.41) is 9.26. The standard InChI is InChI=1S/C18H19NO5S/c1-18(2,17(20)21)13-6-8-14(9-7-13)19-25(22,23)15-5-3-4-12-10-11-24-16(12)15/h3-9,19H,10-11H2,1-2H3,(H,20,21). The quantitative estimate of drug-likeness (QED) is 0.854. The average molecular weight is 361 g/mol. The Labute approximate surface area is 146 Å². The van der Waals surface area contributed by atoms with Gasteiger partial charge in [0.25, 0.3) is 10.0 Å². The molecule has 0 saturated carbocycles. The van der Waals surface area contributed by atoms with Gasteiger partial charge in [0.1, 0.15) is 10.6 Å². The number of carboxylic acid groups (broad SMARTS) is 1. The summed E-state index contributed by atoms with van der Waals surface area (Å²) in [6.45, 7) is 3.67. The lowest BCUT2D eigenvalue weighted by Crippen LogP contribution is -2.28. The van der Waals surface area contributed by atoms with E-state index in [4.69, 9.17) is 4.74 Å². The van der Waals surface area contributed by atoms with Gasteiger partial charge < -0.3 is 9.84 Å². The number of sulfonamides is 1. The summed E-state index contributed by atoms with van der Waals surface area (Å²) in [5.41, 5.74) is 0.778. The van der Waals surface area contributed by atoms with Crippen LogP contribution < -0.4 is 9.46 Å². The zero-order valence-corrected chi connectivity index (χ0v) is 14.8. The van der Waals surface area contributed by atoms with Crippen molar-refractivity contribution < 1.29 is 23.1 Å². The van der Waals surface area contributed by atoms with Crippen molar-refractivity contribution in [3.8, 4) is 5.75 Å². The molecule has 1 aliphatic rings. The molecule has 6 nitrogen and oxygen atoms in total. The van der Waals surface area contributed by atoms with Gasteiger partial charge in [-0.3, -0.25) is 9.52 Å². The summed E-state index contributed by atoms with van der Waals surface area (Å²) in [7, 11) is -3.79. The van der Waals surface area contributed by atoms with Crippen molar-refractivity contribution in [1.29, 1.82) is 0 Å². The molecule has 0 radical (unpaired) electrons. The van der Waals surface area contributed by atoms with Crippen LogP contribution in [-0.4, -0.2) is 26.1 Å². The first-order valence-electron chi connectivity index (χ1n) is 7.83. The minimum Gasteiger partial charge on any atom is -0.492 e. The lowest BCUT2D eigenvalue weighted by molar-refractivity contribution is -0.142. The van der Waals surface area contributed by atoms with E-state index in [-0.39, 0.29) is 4.90 Å². The first kappa shape index (κ1) is 17.3. The summed E-state index contributed by atoms with van der Waals surface area (Å²) in [4.78, 5) is 11.4. The molecule has 0 aliphatic carbocycles. The zero-order chi connectivity index (χ0) is 18.2. The lowest BCUT2D eigenvalue weighted by atomic mass is 9.85. The second-order valence-electron chi connectivity index (χ2n) is 6.46. The van der Waals surface area contributed by atoms with Crippen LogP contribution in [0.15, 0.2) is 47.4 Å². The fraction of sp³-hybridized carbons (Fsp3) is 0.278. The van der Waals surface area contributed by atoms with Crippen molar-refractivity contribution in [2.75, 3.05) is 11.3 Å². The Morgan fingerprint density at radius 3 is 2.48 bits per heavy atom. The highest BCUT2D eigenvalue weighted by atomic mass is 32.2. The van der Waals surface area contributed by atoms with Gasteiger partial charge in [-0.05, 0) is 43.2 Å². The second kappa shape index (κ2) is 6.07. The van der Waals surface area contributed by atoms with Crippen LogP contribution in [0, 0.1) is 0 Å². The maximum atomic E-state index is 12.7. The molecule has 25 heavy (non-hydrogen) atoms. The number of ether oxygens (including phenoxy) is 1. The molecule has 7 heteroatoms. The van der Waals surface area contributed by atoms with Gasteiger partial charge in [0.2, 0.25) is 0 Å². The Morgan fingerprint density at radius 1 is 1.16 bits per heavy atom. The first-order chi connectivity index (χ1) is 11.7. The molecule has 0 aromatic heterocycles. The Balaban J connectivity index is 1.88. The second-order valence-corrected chi connectivity index (χ2v) is 8.11. The van der Waals surface area contributed by atoms with Gasteiger partial charge in [-0.25, -0.2) is 8.42 Å². The summed E-state index contributed by atoms with van der Waals surface area (Å²) in [6.07, 6.45) is 0.692. The van der Waals surface area contributed by atoms with E-state index in [2.05, 4.69) is 4.72 Å². The van der Waals surface area contributed by atoms with E-state index in [1.54, 1.807) is 44.2 Å². The molecule has 0 amide bonds. The summed E-state index contributed by atoms with van der Waals surface area (Å²) in [6, 6.07) is 11.4. The van der Waals surface area contributed by atoms with Gasteiger partial charge in [-0.15, -0.1) is 0 Å². The van der Waals surface area contributed by atoms with Crippen molar-refractivity contribution >= 4 is 21.7 Å². The Morgan fingerprint density at radius 2 is 1.84 bits per heavy atom. The third-order valence-corrected chi connectivity index (χ3v) is 5.77. The number of para-hydroxylation sites is 1. The number of benzene rings is 2. The number of carboxylic acids is 1. The maximum Gasteiger partial charge on any atom is 0.313 e. The summed E-state index contributed by atoms with van der Waals surface area (Å²) < 4.78 is 33.3. The number of aliphatic carboxylic acids is 1. The highest BCUT2D eigenvalue weighted by Gasteiger charge is 2.29. The van der Waals surface area contributed by atoms with Crippen LogP contribution in [0.25, 0.3) is 0 Å². The Hall–Kier alpha value is -2.54. The average Bonchev–Trinajstić information content (AvgIpc) is 3.03. The van der Waals surface area contributed by atoms with Gasteiger partial charge in [0, 0.05) is 12.1 Å². The number of rotatable bonds is 5. The lowest BCUT2D eigenvalue weighted by Gasteiger charge is -2.20. The van der Waals surface area contributed by atoms with Crippen LogP contribution in [0.1, 0.15) is 25.0 Å². The molecule has 2 aromatic rings. The molecule has 1 heterocycles. The number of anilines is 1. The molecule has 2 aromatic carbocycles. The molecule has 3 rings (SSSR count). The highest BCUT2D eigenvalue weighted by Crippen LogP contribution is 2.34. The number of hydrogen-bond acceptors (Lipinski definition) is 4. The first-order valence-corrected chi connectivity index (χ1v) is 9.31. The molecular weight excluding hydrogens is 342 g/mol. The number of carbonyl (C=O) groups is 1. The molecule has 0 unspecified atom stereocenters. The maximum absolute atomic E-state index is 12.7. The van der Waals surface area contributed by atoms with Gasteiger partial charge in [-0.2, -0.15) is 0 Å². The van der Waals surface area contributed by atoms with Crippen molar-refractivity contribution in [3.63, 3.8) is 0 Å². The van der Waals surface area contributed by atoms with Crippen LogP contribution >= 0.6 is 0 Å². The van der Waals surface area contributed by atoms with Crippen LogP contribution in [0.3, 0.4) is 0 Å². The van der Waals surface area contributed by atoms with E-state index in [1.165, 1.54) is 6.07 Å². The molecule has 0 bridgehead atoms. The normalized spacial score (nSPS) is 13.8. The van der Waals surface area contributed by atoms with Crippen molar-refractivity contribution in [3.05, 3.63) is 53.6 Å². The van der Waals surface area contributed by atoms with Gasteiger partial charge in [0.15, 0.2) is 0 Å². The number of fused-ring (bicyclic) bond motifs is 1.